The van der Waals surface area contributed by atoms with Crippen molar-refractivity contribution in [3.63, 3.8) is 0 Å². The van der Waals surface area contributed by atoms with E-state index < -0.39 is 120 Å². The summed E-state index contributed by atoms with van der Waals surface area (Å²) in [6, 6.07) is 9.64. The zero-order valence-electron chi connectivity index (χ0n) is 69.6. The number of Topliss-reactive ketones (excluding diaryl/α,β-unsaturated/α-hetero) is 3. The van der Waals surface area contributed by atoms with Crippen LogP contribution in [0, 0.1) is 23.7 Å². The number of amides is 3. The average Bonchev–Trinajstić information content (AvgIpc) is 1.58. The number of alkyl carbamates (subject to hydrolysis) is 1. The molecule has 652 valence electrons. The number of methoxy groups -OCH3 is 2. The summed E-state index contributed by atoms with van der Waals surface area (Å²) in [4.78, 5) is 113. The summed E-state index contributed by atoms with van der Waals surface area (Å²) in [6.07, 6.45) is 9.66. The minimum Gasteiger partial charge on any atom is -0.459 e. The van der Waals surface area contributed by atoms with Crippen molar-refractivity contribution in [1.29, 1.82) is 0 Å². The molecule has 33 heteroatoms. The summed E-state index contributed by atoms with van der Waals surface area (Å²) in [5, 5.41) is 42.7. The second-order valence-corrected chi connectivity index (χ2v) is 31.6. The number of nitrogens with two attached hydrogens (primary N) is 3. The van der Waals surface area contributed by atoms with Crippen molar-refractivity contribution >= 4 is 75.2 Å². The fraction of sp³-hybridized carbons (Fsp3) is 0.616. The number of nitrogen functional groups attached to an aromatic ring is 2. The fourth-order valence-corrected chi connectivity index (χ4v) is 15.9. The Morgan fingerprint density at radius 3 is 2.18 bits per heavy atom. The second kappa shape index (κ2) is 45.7. The molecule has 33 nitrogen and oxygen atoms in total. The number of anilines is 2. The van der Waals surface area contributed by atoms with E-state index in [0.717, 1.165) is 33.6 Å². The van der Waals surface area contributed by atoms with E-state index in [1.54, 1.807) is 33.9 Å². The number of nitrogens with one attached hydrogen (secondary N) is 1. The Morgan fingerprint density at radius 1 is 0.748 bits per heavy atom. The number of ketones is 3. The third-order valence-corrected chi connectivity index (χ3v) is 23.0. The predicted octanol–water partition coefficient (Wildman–Crippen LogP) is 6.94. The summed E-state index contributed by atoms with van der Waals surface area (Å²) in [6.45, 7) is 14.0. The van der Waals surface area contributed by atoms with Gasteiger partial charge in [-0.15, -0.1) is 0 Å². The molecule has 2 aromatic carbocycles. The third-order valence-electron chi connectivity index (χ3n) is 23.0. The van der Waals surface area contributed by atoms with E-state index in [1.165, 1.54) is 32.0 Å². The quantitative estimate of drug-likeness (QED) is 0.0106. The Labute approximate surface area is 694 Å². The first kappa shape index (κ1) is 92.5. The van der Waals surface area contributed by atoms with Crippen molar-refractivity contribution < 1.29 is 105 Å². The van der Waals surface area contributed by atoms with Gasteiger partial charge in [0, 0.05) is 82.6 Å². The van der Waals surface area contributed by atoms with E-state index in [9.17, 15) is 48.9 Å². The molecule has 3 aromatic heterocycles. The van der Waals surface area contributed by atoms with Crippen LogP contribution >= 0.6 is 0 Å². The number of benzene rings is 2. The largest absolute Gasteiger partial charge is 0.459 e. The number of rotatable bonds is 30. The van der Waals surface area contributed by atoms with E-state index in [0.29, 0.717) is 171 Å². The molecule has 1 aliphatic carbocycles. The number of allylic oxidation sites excluding steroid dienone is 6. The number of hydrogen-bond donors (Lipinski definition) is 7. The first-order valence-electron chi connectivity index (χ1n) is 41.6. The molecule has 4 aliphatic heterocycles. The minimum absolute atomic E-state index is 0.00154. The lowest BCUT2D eigenvalue weighted by atomic mass is 9.80. The number of cyclic esters (lactones) is 1. The van der Waals surface area contributed by atoms with Crippen molar-refractivity contribution in [1.82, 2.24) is 39.8 Å². The van der Waals surface area contributed by atoms with Crippen LogP contribution in [0.5, 0.6) is 0 Å². The maximum absolute atomic E-state index is 14.6. The Morgan fingerprint density at radius 2 is 1.46 bits per heavy atom. The SMILES string of the molecule is CO[C@H]1C[C@@H]2CC[C@@H](C)[C@@](O)(O2)C(=O)C(=O)N2CCCC[C@H]2C(=O)O[C@H]([C@H](N)CC2CC[C@@H](OC(=O)NCCOCCOCCOCCOCCOCCOCCC(=O)N3CCc4cc(Cn5nc(-c6ccc7oc(N)nc7c6)c6c(N)ncnc65)ccc4C3)[C@H](OC)C2)CC(=O)[C@H](C)/C=C(\C)[C@@H](O)[C@@H](O)C(=O)[C@H](C)CC/C=C/C=CC=C1C. The van der Waals surface area contributed by atoms with Gasteiger partial charge in [-0.2, -0.15) is 10.1 Å². The van der Waals surface area contributed by atoms with E-state index in [4.69, 9.17) is 78.8 Å². The molecule has 0 spiro atoms. The van der Waals surface area contributed by atoms with Crippen LogP contribution in [0.2, 0.25) is 0 Å². The molecule has 0 radical (unpaired) electrons. The number of hydrogen-bond acceptors (Lipinski definition) is 29. The molecule has 5 aliphatic rings. The number of piperidine rings is 1. The Balaban J connectivity index is 0.581. The van der Waals surface area contributed by atoms with Crippen LogP contribution in [0.3, 0.4) is 0 Å². The molecule has 14 atom stereocenters. The lowest BCUT2D eigenvalue weighted by Gasteiger charge is -2.42. The lowest BCUT2D eigenvalue weighted by molar-refractivity contribution is -0.265. The number of fused-ring (bicyclic) bond motifs is 6. The second-order valence-electron chi connectivity index (χ2n) is 31.6. The van der Waals surface area contributed by atoms with Gasteiger partial charge in [-0.05, 0) is 143 Å². The van der Waals surface area contributed by atoms with Crippen molar-refractivity contribution in [2.45, 2.75) is 205 Å². The summed E-state index contributed by atoms with van der Waals surface area (Å²) in [5.41, 5.74) is 26.7. The number of nitrogens with zero attached hydrogens (tertiary/aromatic N) is 7. The first-order valence-corrected chi connectivity index (χ1v) is 41.6. The van der Waals surface area contributed by atoms with Crippen LogP contribution in [-0.4, -0.2) is 265 Å². The molecule has 3 amide bonds. The molecule has 10 rings (SSSR count). The van der Waals surface area contributed by atoms with Gasteiger partial charge >= 0.3 is 12.1 Å². The highest BCUT2D eigenvalue weighted by atomic mass is 16.6. The summed E-state index contributed by atoms with van der Waals surface area (Å²) in [7, 11) is 3.06. The van der Waals surface area contributed by atoms with Gasteiger partial charge in [-0.3, -0.25) is 24.0 Å². The number of esters is 1. The summed E-state index contributed by atoms with van der Waals surface area (Å²) >= 11 is 0. The van der Waals surface area contributed by atoms with Gasteiger partial charge in [0.2, 0.25) is 11.7 Å². The molecular weight excluding hydrogens is 1540 g/mol. The molecule has 1 saturated carbocycles. The van der Waals surface area contributed by atoms with Crippen molar-refractivity contribution in [3.8, 4) is 11.3 Å². The Bertz CT molecular complexity index is 4340. The van der Waals surface area contributed by atoms with E-state index >= 15 is 0 Å². The molecule has 3 fully saturated rings. The monoisotopic (exact) mass is 1660 g/mol. The van der Waals surface area contributed by atoms with Gasteiger partial charge in [0.15, 0.2) is 17.0 Å². The molecular formula is C86H121N11O22. The van der Waals surface area contributed by atoms with Crippen LogP contribution in [-0.2, 0) is 100 Å². The number of aromatic nitrogens is 5. The number of carbonyl (C=O) groups excluding carboxylic acids is 7. The van der Waals surface area contributed by atoms with Gasteiger partial charge < -0.3 is 104 Å². The highest BCUT2D eigenvalue weighted by molar-refractivity contribution is 6.39. The number of oxazole rings is 1. The van der Waals surface area contributed by atoms with Crippen LogP contribution in [0.25, 0.3) is 33.4 Å². The van der Waals surface area contributed by atoms with E-state index in [1.807, 2.05) is 65.1 Å². The Hall–Kier alpha value is -8.81. The molecule has 119 heavy (non-hydrogen) atoms. The predicted molar refractivity (Wildman–Crippen MR) is 438 cm³/mol. The van der Waals surface area contributed by atoms with Crippen LogP contribution in [0.15, 0.2) is 94.7 Å². The maximum Gasteiger partial charge on any atom is 0.407 e. The highest BCUT2D eigenvalue weighted by Gasteiger charge is 2.53. The molecule has 2 bridgehead atoms. The standard InChI is InChI=1S/C86H121N11O22/c1-53-15-11-9-8-10-12-16-54(2)76(100)78(102)77(101)56(4)43-55(3)67(98)49-71(116-83(105)66-17-13-14-29-96(66)82(104)79(103)86(107)57(5)18-23-63(119-86)48-70(53)108-6)64(87)45-58-20-24-69(72(46-58)109-7)118-85(106)90-28-32-111-34-36-113-38-40-115-42-41-114-39-37-112-35-33-110-31-27-73(99)95-30-26-60-44-59(19-21-62(60)51-95)50-97-81-74(80(88)91-52-92-81)75(94-97)61-22-25-68-65(47-61)93-84(89)117-68/h8-11,15,19,21-22,25,43-44,47,52,54-55,57-58,63-64,66,69-72,77-78,101-102,107H,12-14,16-18,20,23-24,26-42,45-46,48-51,87H2,1-7H3,(H2,89,93)(H,90,106)(H2,88,91,92)/b10-8+,11-9?,53-15?,56-43+/t54-,55-,57-,58?,63+,64-,66+,69-,70+,71+,72-,77-,78+,86-/m1/s1. The van der Waals surface area contributed by atoms with Crippen LogP contribution in [0.1, 0.15) is 141 Å². The summed E-state index contributed by atoms with van der Waals surface area (Å²) in [5.74, 6) is -8.83. The van der Waals surface area contributed by atoms with Gasteiger partial charge in [0.05, 0.1) is 116 Å². The topological polar surface area (TPSA) is 448 Å². The number of aliphatic hydroxyl groups excluding tert-OH is 2. The van der Waals surface area contributed by atoms with E-state index in [-0.39, 0.29) is 82.0 Å². The average molecular weight is 1660 g/mol. The Kier molecular flexibility index (Phi) is 35.5. The molecule has 1 unspecified atom stereocenters. The lowest BCUT2D eigenvalue weighted by Crippen LogP contribution is -2.61. The van der Waals surface area contributed by atoms with Gasteiger partial charge in [0.25, 0.3) is 17.7 Å². The zero-order valence-corrected chi connectivity index (χ0v) is 69.6. The van der Waals surface area contributed by atoms with Crippen molar-refractivity contribution in [2.24, 2.45) is 29.4 Å². The first-order chi connectivity index (χ1) is 57.3. The highest BCUT2D eigenvalue weighted by Crippen LogP contribution is 2.39. The molecule has 10 N–H and O–H groups in total. The number of ether oxygens (including phenoxy) is 11. The smallest absolute Gasteiger partial charge is 0.407 e. The molecule has 5 aromatic rings. The van der Waals surface area contributed by atoms with Gasteiger partial charge in [0.1, 0.15) is 59.6 Å². The zero-order chi connectivity index (χ0) is 85.1. The molecule has 7 heterocycles. The van der Waals surface area contributed by atoms with Crippen LogP contribution < -0.4 is 22.5 Å². The summed E-state index contributed by atoms with van der Waals surface area (Å²) < 4.78 is 71.1. The van der Waals surface area contributed by atoms with Crippen molar-refractivity contribution in [2.75, 3.05) is 125 Å². The van der Waals surface area contributed by atoms with Crippen molar-refractivity contribution in [3.05, 3.63) is 107 Å². The minimum atomic E-state index is -2.51. The van der Waals surface area contributed by atoms with Gasteiger partial charge in [-0.25, -0.2) is 24.2 Å². The van der Waals surface area contributed by atoms with Crippen LogP contribution in [0.4, 0.5) is 16.6 Å². The van der Waals surface area contributed by atoms with Gasteiger partial charge in [-0.1, -0.05) is 75.4 Å². The fourth-order valence-electron chi connectivity index (χ4n) is 15.9. The third kappa shape index (κ3) is 25.9. The maximum atomic E-state index is 14.6. The molecule has 2 saturated heterocycles. The van der Waals surface area contributed by atoms with E-state index in [2.05, 4.69) is 32.4 Å². The number of carbonyl (C=O) groups is 7. The number of aliphatic hydroxyl groups is 3. The normalized spacial score (nSPS) is 26.7.